The maximum Gasteiger partial charge on any atom is 0.339 e. The zero-order valence-electron chi connectivity index (χ0n) is 17.5. The van der Waals surface area contributed by atoms with Crippen molar-refractivity contribution in [3.8, 4) is 0 Å². The molecule has 32 heavy (non-hydrogen) atoms. The number of alkyl halides is 2. The summed E-state index contributed by atoms with van der Waals surface area (Å²) in [6.07, 6.45) is 3.96. The number of rotatable bonds is 6. The van der Waals surface area contributed by atoms with E-state index in [9.17, 15) is 23.2 Å². The first-order valence-corrected chi connectivity index (χ1v) is 10.5. The number of nitrogens with zero attached hydrogens (tertiary/aromatic N) is 2. The number of halogens is 2. The van der Waals surface area contributed by atoms with E-state index in [1.165, 1.54) is 36.7 Å². The number of piperidine rings is 1. The van der Waals surface area contributed by atoms with Crippen LogP contribution in [0.25, 0.3) is 0 Å². The average molecular weight is 446 g/mol. The van der Waals surface area contributed by atoms with Crippen LogP contribution in [0.2, 0.25) is 0 Å². The van der Waals surface area contributed by atoms with Gasteiger partial charge in [-0.25, -0.2) is 18.6 Å². The van der Waals surface area contributed by atoms with Crippen LogP contribution in [-0.4, -0.2) is 57.9 Å². The molecule has 2 aromatic heterocycles. The van der Waals surface area contributed by atoms with Crippen molar-refractivity contribution in [1.82, 2.24) is 14.9 Å². The van der Waals surface area contributed by atoms with Gasteiger partial charge < -0.3 is 15.0 Å². The highest BCUT2D eigenvalue weighted by molar-refractivity contribution is 5.94. The number of esters is 1. The molecule has 2 atom stereocenters. The summed E-state index contributed by atoms with van der Waals surface area (Å²) in [7, 11) is 0. The molecule has 0 radical (unpaired) electrons. The Morgan fingerprint density at radius 1 is 1.28 bits per heavy atom. The number of ether oxygens (including phenoxy) is 1. The van der Waals surface area contributed by atoms with Crippen LogP contribution in [0.15, 0.2) is 41.5 Å². The second-order valence-electron chi connectivity index (χ2n) is 8.25. The Balaban J connectivity index is 1.39. The Kier molecular flexibility index (Phi) is 6.05. The molecule has 170 valence electrons. The van der Waals surface area contributed by atoms with E-state index < -0.39 is 36.2 Å². The fourth-order valence-corrected chi connectivity index (χ4v) is 3.66. The van der Waals surface area contributed by atoms with Gasteiger partial charge >= 0.3 is 5.97 Å². The van der Waals surface area contributed by atoms with Crippen molar-refractivity contribution >= 4 is 17.7 Å². The summed E-state index contributed by atoms with van der Waals surface area (Å²) >= 11 is 0. The van der Waals surface area contributed by atoms with E-state index in [1.807, 2.05) is 0 Å². The fourth-order valence-electron chi connectivity index (χ4n) is 3.66. The maximum absolute atomic E-state index is 14.6. The zero-order chi connectivity index (χ0) is 22.9. The predicted octanol–water partition coefficient (Wildman–Crippen LogP) is 2.54. The predicted molar refractivity (Wildman–Crippen MR) is 112 cm³/mol. The molecular formula is C22H24F2N4O4. The van der Waals surface area contributed by atoms with Gasteiger partial charge in [-0.1, -0.05) is 6.07 Å². The molecule has 1 amide bonds. The first-order valence-electron chi connectivity index (χ1n) is 10.5. The summed E-state index contributed by atoms with van der Waals surface area (Å²) in [5, 5.41) is 2.66. The number of nitrogens with one attached hydrogen (secondary N) is 2. The third kappa shape index (κ3) is 5.01. The number of amides is 1. The van der Waals surface area contributed by atoms with Gasteiger partial charge in [-0.3, -0.25) is 14.5 Å². The number of hydrogen-bond acceptors (Lipinski definition) is 6. The second kappa shape index (κ2) is 8.78. The maximum atomic E-state index is 14.6. The first-order chi connectivity index (χ1) is 15.2. The van der Waals surface area contributed by atoms with E-state index in [4.69, 9.17) is 4.74 Å². The van der Waals surface area contributed by atoms with Gasteiger partial charge in [0.2, 0.25) is 11.5 Å². The molecule has 10 heteroatoms. The van der Waals surface area contributed by atoms with E-state index in [-0.39, 0.29) is 30.6 Å². The summed E-state index contributed by atoms with van der Waals surface area (Å²) in [6.45, 7) is 1.66. The van der Waals surface area contributed by atoms with Crippen LogP contribution < -0.4 is 10.9 Å². The Morgan fingerprint density at radius 2 is 2.06 bits per heavy atom. The van der Waals surface area contributed by atoms with E-state index >= 15 is 0 Å². The lowest BCUT2D eigenvalue weighted by Crippen LogP contribution is -2.52. The summed E-state index contributed by atoms with van der Waals surface area (Å²) in [5.74, 6) is -4.68. The summed E-state index contributed by atoms with van der Waals surface area (Å²) in [4.78, 5) is 44.1. The molecule has 4 rings (SSSR count). The lowest BCUT2D eigenvalue weighted by atomic mass is 9.87. The van der Waals surface area contributed by atoms with E-state index in [0.29, 0.717) is 11.1 Å². The minimum atomic E-state index is -2.95. The number of hydrogen-bond donors (Lipinski definition) is 2. The number of aromatic nitrogens is 2. The SMILES string of the molecule is CC(C(=O)Nc1ccc(C(=O)OC2CC2)cn1)N1CCC(F)(F)C(c2ccc(=O)[nH]c2)C1. The second-order valence-corrected chi connectivity index (χ2v) is 8.25. The number of carbonyl (C=O) groups is 2. The normalized spacial score (nSPS) is 21.5. The molecular weight excluding hydrogens is 422 g/mol. The molecule has 2 fully saturated rings. The number of H-pyrrole nitrogens is 1. The molecule has 2 aliphatic rings. The Labute approximate surface area is 183 Å². The van der Waals surface area contributed by atoms with Crippen molar-refractivity contribution in [3.63, 3.8) is 0 Å². The highest BCUT2D eigenvalue weighted by Gasteiger charge is 2.46. The molecule has 0 aromatic carbocycles. The lowest BCUT2D eigenvalue weighted by Gasteiger charge is -2.40. The van der Waals surface area contributed by atoms with Crippen LogP contribution in [0.4, 0.5) is 14.6 Å². The zero-order valence-corrected chi connectivity index (χ0v) is 17.5. The quantitative estimate of drug-likeness (QED) is 0.661. The van der Waals surface area contributed by atoms with Crippen LogP contribution >= 0.6 is 0 Å². The van der Waals surface area contributed by atoms with Gasteiger partial charge in [0, 0.05) is 38.0 Å². The van der Waals surface area contributed by atoms with Crippen LogP contribution in [0.5, 0.6) is 0 Å². The summed E-state index contributed by atoms with van der Waals surface area (Å²) in [5.41, 5.74) is 0.254. The monoisotopic (exact) mass is 446 g/mol. The largest absolute Gasteiger partial charge is 0.459 e. The van der Waals surface area contributed by atoms with Gasteiger partial charge in [-0.05, 0) is 37.5 Å². The third-order valence-electron chi connectivity index (χ3n) is 5.85. The molecule has 1 saturated heterocycles. The fraction of sp³-hybridized carbons (Fsp3) is 0.455. The summed E-state index contributed by atoms with van der Waals surface area (Å²) < 4.78 is 34.3. The highest BCUT2D eigenvalue weighted by Crippen LogP contribution is 2.40. The molecule has 1 saturated carbocycles. The van der Waals surface area contributed by atoms with Crippen LogP contribution in [-0.2, 0) is 9.53 Å². The standard InChI is InChI=1S/C22H24F2N4O4/c1-13(20(30)27-18-6-2-15(11-25-18)21(31)32-16-4-5-16)28-9-8-22(23,24)17(12-28)14-3-7-19(29)26-10-14/h2-3,6-7,10-11,13,16-17H,4-5,8-9,12H2,1H3,(H,26,29)(H,25,27,30). The first kappa shape index (κ1) is 22.1. The molecule has 3 heterocycles. The van der Waals surface area contributed by atoms with Gasteiger partial charge in [0.05, 0.1) is 17.5 Å². The average Bonchev–Trinajstić information content (AvgIpc) is 3.58. The van der Waals surface area contributed by atoms with Gasteiger partial charge in [-0.2, -0.15) is 0 Å². The lowest BCUT2D eigenvalue weighted by molar-refractivity contribution is -0.125. The number of anilines is 1. The molecule has 2 N–H and O–H groups in total. The van der Waals surface area contributed by atoms with E-state index in [1.54, 1.807) is 11.8 Å². The Hall–Kier alpha value is -3.14. The van der Waals surface area contributed by atoms with Crippen molar-refractivity contribution in [2.24, 2.45) is 0 Å². The van der Waals surface area contributed by atoms with Crippen molar-refractivity contribution in [3.05, 3.63) is 58.1 Å². The van der Waals surface area contributed by atoms with Gasteiger partial charge in [0.1, 0.15) is 11.9 Å². The molecule has 1 aliphatic carbocycles. The van der Waals surface area contributed by atoms with Crippen LogP contribution in [0, 0.1) is 0 Å². The summed E-state index contributed by atoms with van der Waals surface area (Å²) in [6, 6.07) is 4.95. The Bertz CT molecular complexity index is 1030. The number of likely N-dealkylation sites (tertiary alicyclic amines) is 1. The van der Waals surface area contributed by atoms with E-state index in [2.05, 4.69) is 15.3 Å². The van der Waals surface area contributed by atoms with Gasteiger partial charge in [0.25, 0.3) is 5.92 Å². The van der Waals surface area contributed by atoms with Crippen molar-refractivity contribution < 1.29 is 23.1 Å². The number of pyridine rings is 2. The third-order valence-corrected chi connectivity index (χ3v) is 5.85. The highest BCUT2D eigenvalue weighted by atomic mass is 19.3. The molecule has 1 aliphatic heterocycles. The van der Waals surface area contributed by atoms with Gasteiger partial charge in [-0.15, -0.1) is 0 Å². The molecule has 2 unspecified atom stereocenters. The minimum absolute atomic E-state index is 0.0143. The number of aromatic amines is 1. The molecule has 0 bridgehead atoms. The van der Waals surface area contributed by atoms with E-state index in [0.717, 1.165) is 12.8 Å². The number of carbonyl (C=O) groups excluding carboxylic acids is 2. The van der Waals surface area contributed by atoms with Crippen molar-refractivity contribution in [1.29, 1.82) is 0 Å². The van der Waals surface area contributed by atoms with Gasteiger partial charge in [0.15, 0.2) is 0 Å². The van der Waals surface area contributed by atoms with Crippen LogP contribution in [0.3, 0.4) is 0 Å². The molecule has 2 aromatic rings. The minimum Gasteiger partial charge on any atom is -0.459 e. The smallest absolute Gasteiger partial charge is 0.339 e. The topological polar surface area (TPSA) is 104 Å². The van der Waals surface area contributed by atoms with Crippen molar-refractivity contribution in [2.45, 2.75) is 50.2 Å². The van der Waals surface area contributed by atoms with Crippen LogP contribution in [0.1, 0.15) is 48.0 Å². The Morgan fingerprint density at radius 3 is 2.69 bits per heavy atom. The van der Waals surface area contributed by atoms with Crippen molar-refractivity contribution in [2.75, 3.05) is 18.4 Å². The molecule has 8 nitrogen and oxygen atoms in total. The molecule has 0 spiro atoms.